The van der Waals surface area contributed by atoms with E-state index in [1.165, 1.54) is 24.6 Å². The van der Waals surface area contributed by atoms with Crippen molar-refractivity contribution in [1.82, 2.24) is 8.75 Å². The average Bonchev–Trinajstić information content (AvgIpc) is 3.43. The molecule has 1 spiro atoms. The lowest BCUT2D eigenvalue weighted by atomic mass is 9.65. The summed E-state index contributed by atoms with van der Waals surface area (Å²) in [4.78, 5) is 2.18. The first kappa shape index (κ1) is 19.0. The summed E-state index contributed by atoms with van der Waals surface area (Å²) >= 11 is 1.19. The van der Waals surface area contributed by atoms with Gasteiger partial charge in [0, 0.05) is 24.9 Å². The van der Waals surface area contributed by atoms with Crippen LogP contribution in [0.5, 0.6) is 5.88 Å². The van der Waals surface area contributed by atoms with Gasteiger partial charge < -0.3 is 23.8 Å². The fourth-order valence-corrected chi connectivity index (χ4v) is 6.89. The van der Waals surface area contributed by atoms with E-state index < -0.39 is 5.79 Å². The molecule has 4 atom stereocenters. The van der Waals surface area contributed by atoms with Crippen LogP contribution in [0.25, 0.3) is 0 Å². The summed E-state index contributed by atoms with van der Waals surface area (Å²) in [7, 11) is 0. The number of nitrogens with zero attached hydrogens (tertiary/aromatic N) is 3. The molecule has 1 aromatic heterocycles. The summed E-state index contributed by atoms with van der Waals surface area (Å²) in [5.74, 6) is 1.68. The summed E-state index contributed by atoms with van der Waals surface area (Å²) < 4.78 is 33.4. The number of aromatic nitrogens is 2. The topological polar surface area (TPSA) is 65.9 Å². The third-order valence-electron chi connectivity index (χ3n) is 8.04. The number of hydrogen-bond acceptors (Lipinski definition) is 8. The van der Waals surface area contributed by atoms with Gasteiger partial charge in [-0.2, -0.15) is 4.37 Å². The van der Waals surface area contributed by atoms with E-state index >= 15 is 0 Å². The molecule has 3 heterocycles. The summed E-state index contributed by atoms with van der Waals surface area (Å²) in [5.41, 5.74) is 0.375. The summed E-state index contributed by atoms with van der Waals surface area (Å²) in [6.07, 6.45) is 4.55. The Labute approximate surface area is 171 Å². The van der Waals surface area contributed by atoms with Crippen LogP contribution < -0.4 is 9.64 Å². The second kappa shape index (κ2) is 6.79. The number of anilines is 1. The van der Waals surface area contributed by atoms with Crippen LogP contribution in [0.3, 0.4) is 0 Å². The Hall–Kier alpha value is -0.960. The molecule has 5 rings (SSSR count). The zero-order valence-electron chi connectivity index (χ0n) is 17.1. The van der Waals surface area contributed by atoms with Crippen molar-refractivity contribution in [2.24, 2.45) is 16.7 Å². The molecule has 1 aromatic rings. The Morgan fingerprint density at radius 2 is 2.07 bits per heavy atom. The lowest BCUT2D eigenvalue weighted by molar-refractivity contribution is -0.253. The summed E-state index contributed by atoms with van der Waals surface area (Å²) in [6.45, 7) is 11.2. The Morgan fingerprint density at radius 3 is 2.82 bits per heavy atom. The van der Waals surface area contributed by atoms with Gasteiger partial charge in [0.15, 0.2) is 5.79 Å². The number of morpholine rings is 1. The number of fused-ring (bicyclic) bond motifs is 3. The maximum atomic E-state index is 6.63. The number of rotatable bonds is 5. The maximum absolute atomic E-state index is 6.63. The second-order valence-corrected chi connectivity index (χ2v) is 9.73. The number of hydrogen-bond donors (Lipinski definition) is 0. The highest BCUT2D eigenvalue weighted by atomic mass is 32.1. The molecule has 2 saturated heterocycles. The fraction of sp³-hybridized carbons (Fsp3) is 0.900. The van der Waals surface area contributed by atoms with Crippen LogP contribution in [0.4, 0.5) is 5.82 Å². The van der Waals surface area contributed by atoms with Gasteiger partial charge in [0.1, 0.15) is 12.7 Å². The fourth-order valence-electron chi connectivity index (χ4n) is 6.37. The zero-order chi connectivity index (χ0) is 19.4. The van der Waals surface area contributed by atoms with Crippen LogP contribution in [0.2, 0.25) is 0 Å². The third kappa shape index (κ3) is 2.57. The largest absolute Gasteiger partial charge is 0.472 e. The predicted octanol–water partition coefficient (Wildman–Crippen LogP) is 3.10. The zero-order valence-corrected chi connectivity index (χ0v) is 17.9. The minimum atomic E-state index is -0.435. The van der Waals surface area contributed by atoms with E-state index in [1.807, 2.05) is 0 Å². The molecule has 2 bridgehead atoms. The molecule has 7 nitrogen and oxygen atoms in total. The van der Waals surface area contributed by atoms with Gasteiger partial charge in [-0.05, 0) is 30.6 Å². The van der Waals surface area contributed by atoms with Crippen molar-refractivity contribution in [2.75, 3.05) is 44.4 Å². The van der Waals surface area contributed by atoms with E-state index in [0.717, 1.165) is 45.0 Å². The van der Waals surface area contributed by atoms with E-state index in [0.29, 0.717) is 25.0 Å². The van der Waals surface area contributed by atoms with Gasteiger partial charge >= 0.3 is 0 Å². The monoisotopic (exact) mass is 409 g/mol. The third-order valence-corrected chi connectivity index (χ3v) is 8.54. The van der Waals surface area contributed by atoms with Gasteiger partial charge in [-0.15, -0.1) is 4.37 Å². The van der Waals surface area contributed by atoms with Crippen LogP contribution in [0, 0.1) is 16.7 Å². The average molecular weight is 410 g/mol. The van der Waals surface area contributed by atoms with E-state index in [4.69, 9.17) is 18.9 Å². The first-order valence-electron chi connectivity index (χ1n) is 10.6. The van der Waals surface area contributed by atoms with Gasteiger partial charge in [-0.25, -0.2) is 0 Å². The van der Waals surface area contributed by atoms with Gasteiger partial charge in [-0.3, -0.25) is 0 Å². The SMILES string of the molecule is CCC12CCC(CC13OC[C@@H](COc1nsnc1N1CCOCC1)O3)C2(C)C. The highest BCUT2D eigenvalue weighted by Crippen LogP contribution is 2.73. The normalized spacial score (nSPS) is 39.2. The van der Waals surface area contributed by atoms with Gasteiger partial charge in [0.05, 0.1) is 31.5 Å². The van der Waals surface area contributed by atoms with Gasteiger partial charge in [-0.1, -0.05) is 20.8 Å². The Balaban J connectivity index is 1.26. The molecule has 2 saturated carbocycles. The van der Waals surface area contributed by atoms with Gasteiger partial charge in [0.25, 0.3) is 5.88 Å². The van der Waals surface area contributed by atoms with Crippen LogP contribution in [-0.2, 0) is 14.2 Å². The molecular weight excluding hydrogens is 378 g/mol. The van der Waals surface area contributed by atoms with Crippen molar-refractivity contribution in [2.45, 2.75) is 58.3 Å². The second-order valence-electron chi connectivity index (χ2n) is 9.20. The minimum absolute atomic E-state index is 0.0576. The smallest absolute Gasteiger partial charge is 0.270 e. The van der Waals surface area contributed by atoms with Crippen molar-refractivity contribution in [3.05, 3.63) is 0 Å². The Morgan fingerprint density at radius 1 is 1.25 bits per heavy atom. The molecule has 28 heavy (non-hydrogen) atoms. The van der Waals surface area contributed by atoms with Gasteiger partial charge in [0.2, 0.25) is 5.82 Å². The molecule has 4 fully saturated rings. The minimum Gasteiger partial charge on any atom is -0.472 e. The van der Waals surface area contributed by atoms with Crippen molar-refractivity contribution < 1.29 is 18.9 Å². The van der Waals surface area contributed by atoms with E-state index in [2.05, 4.69) is 34.4 Å². The molecule has 0 radical (unpaired) electrons. The van der Waals surface area contributed by atoms with Crippen LogP contribution in [-0.4, -0.2) is 60.2 Å². The lowest BCUT2D eigenvalue weighted by Gasteiger charge is -2.47. The van der Waals surface area contributed by atoms with E-state index in [-0.39, 0.29) is 16.9 Å². The molecule has 156 valence electrons. The standard InChI is InChI=1S/C20H31N3O4S/c1-4-19-6-5-14(18(19,2)3)11-20(19)26-13-15(27-20)12-25-17-16(21-28-22-17)23-7-9-24-10-8-23/h14-15H,4-13H2,1-3H3/t14?,15-,19?,20?/m1/s1. The first-order chi connectivity index (χ1) is 13.5. The summed E-state index contributed by atoms with van der Waals surface area (Å²) in [6, 6.07) is 0. The van der Waals surface area contributed by atoms with E-state index in [9.17, 15) is 0 Å². The molecule has 8 heteroatoms. The predicted molar refractivity (Wildman–Crippen MR) is 106 cm³/mol. The highest BCUT2D eigenvalue weighted by Gasteiger charge is 2.73. The molecule has 3 unspecified atom stereocenters. The molecule has 2 aliphatic heterocycles. The number of ether oxygens (including phenoxy) is 4. The molecule has 0 N–H and O–H groups in total. The van der Waals surface area contributed by atoms with Crippen LogP contribution >= 0.6 is 11.7 Å². The Bertz CT molecular complexity index is 722. The molecule has 0 amide bonds. The lowest BCUT2D eigenvalue weighted by Crippen LogP contribution is -2.50. The van der Waals surface area contributed by atoms with Crippen LogP contribution in [0.1, 0.15) is 46.5 Å². The van der Waals surface area contributed by atoms with Crippen molar-refractivity contribution in [3.63, 3.8) is 0 Å². The van der Waals surface area contributed by atoms with Crippen molar-refractivity contribution in [1.29, 1.82) is 0 Å². The molecule has 2 aliphatic carbocycles. The maximum Gasteiger partial charge on any atom is 0.270 e. The molecule has 0 aromatic carbocycles. The van der Waals surface area contributed by atoms with Crippen molar-refractivity contribution in [3.8, 4) is 5.88 Å². The molecular formula is C20H31N3O4S. The Kier molecular flexibility index (Phi) is 4.61. The quantitative estimate of drug-likeness (QED) is 0.740. The van der Waals surface area contributed by atoms with Crippen LogP contribution in [0.15, 0.2) is 0 Å². The molecule has 4 aliphatic rings. The highest BCUT2D eigenvalue weighted by molar-refractivity contribution is 6.99. The first-order valence-corrected chi connectivity index (χ1v) is 11.3. The van der Waals surface area contributed by atoms with Crippen molar-refractivity contribution >= 4 is 17.5 Å². The van der Waals surface area contributed by atoms with E-state index in [1.54, 1.807) is 0 Å². The summed E-state index contributed by atoms with van der Waals surface area (Å²) in [5, 5.41) is 0.